The lowest BCUT2D eigenvalue weighted by Gasteiger charge is -2.16. The number of methoxy groups -OCH3 is 1. The molecule has 0 bridgehead atoms. The lowest BCUT2D eigenvalue weighted by atomic mass is 10.2. The quantitative estimate of drug-likeness (QED) is 0.265. The molecule has 0 fully saturated rings. The van der Waals surface area contributed by atoms with Crippen LogP contribution in [-0.2, 0) is 12.7 Å². The van der Waals surface area contributed by atoms with Crippen LogP contribution in [0, 0.1) is 0 Å². The zero-order valence-corrected chi connectivity index (χ0v) is 16.7. The number of aromatic nitrogens is 1. The number of pyridine rings is 1. The number of guanidine groups is 1. The molecule has 0 radical (unpaired) electrons. The molecule has 1 heterocycles. The third kappa shape index (κ3) is 7.46. The lowest BCUT2D eigenvalue weighted by molar-refractivity contribution is -0.139. The lowest BCUT2D eigenvalue weighted by Crippen LogP contribution is -2.39. The van der Waals surface area contributed by atoms with E-state index >= 15 is 0 Å². The van der Waals surface area contributed by atoms with Gasteiger partial charge in [0, 0.05) is 25.4 Å². The first-order valence-corrected chi connectivity index (χ1v) is 8.96. The van der Waals surface area contributed by atoms with Crippen molar-refractivity contribution >= 4 is 5.96 Å². The Balaban J connectivity index is 1.90. The van der Waals surface area contributed by atoms with E-state index in [1.165, 1.54) is 44.6 Å². The van der Waals surface area contributed by atoms with Crippen molar-refractivity contribution < 1.29 is 36.2 Å². The van der Waals surface area contributed by atoms with Gasteiger partial charge in [0.25, 0.3) is 0 Å². The van der Waals surface area contributed by atoms with Gasteiger partial charge in [-0.2, -0.15) is 22.0 Å². The fraction of sp³-hybridized carbons (Fsp3) is 0.368. The third-order valence-electron chi connectivity index (χ3n) is 3.86. The van der Waals surface area contributed by atoms with Crippen LogP contribution in [0.1, 0.15) is 11.1 Å². The van der Waals surface area contributed by atoms with Crippen molar-refractivity contribution in [3.63, 3.8) is 0 Å². The average molecular weight is 448 g/mol. The molecule has 0 spiro atoms. The Labute approximate surface area is 175 Å². The molecule has 0 saturated heterocycles. The molecule has 31 heavy (non-hydrogen) atoms. The minimum atomic E-state index is -4.58. The van der Waals surface area contributed by atoms with E-state index in [-0.39, 0.29) is 31.4 Å². The molecule has 0 saturated carbocycles. The Hall–Kier alpha value is -3.31. The van der Waals surface area contributed by atoms with Crippen molar-refractivity contribution in [1.82, 2.24) is 15.6 Å². The summed E-state index contributed by atoms with van der Waals surface area (Å²) in [6, 6.07) is 6.42. The SMILES string of the molecule is CN=C(NCCOc1ncccc1C(F)(F)F)NCc1cc(OC)ccc1OC(F)F. The molecule has 170 valence electrons. The zero-order valence-electron chi connectivity index (χ0n) is 16.7. The van der Waals surface area contributed by atoms with Crippen LogP contribution in [0.25, 0.3) is 0 Å². The number of nitrogens with one attached hydrogen (secondary N) is 2. The number of rotatable bonds is 9. The molecule has 0 unspecified atom stereocenters. The van der Waals surface area contributed by atoms with Gasteiger partial charge in [0.2, 0.25) is 5.88 Å². The highest BCUT2D eigenvalue weighted by Gasteiger charge is 2.35. The molecule has 1 aromatic heterocycles. The maximum absolute atomic E-state index is 12.9. The molecule has 12 heteroatoms. The monoisotopic (exact) mass is 448 g/mol. The van der Waals surface area contributed by atoms with E-state index in [1.54, 1.807) is 0 Å². The highest BCUT2D eigenvalue weighted by atomic mass is 19.4. The summed E-state index contributed by atoms with van der Waals surface area (Å²) in [6.45, 7) is -2.95. The van der Waals surface area contributed by atoms with Crippen LogP contribution in [0.3, 0.4) is 0 Å². The molecule has 0 amide bonds. The first kappa shape index (κ1) is 24.0. The predicted molar refractivity (Wildman–Crippen MR) is 103 cm³/mol. The van der Waals surface area contributed by atoms with Gasteiger partial charge in [0.15, 0.2) is 5.96 Å². The van der Waals surface area contributed by atoms with Crippen LogP contribution in [0.15, 0.2) is 41.5 Å². The second kappa shape index (κ2) is 11.2. The van der Waals surface area contributed by atoms with Gasteiger partial charge in [-0.15, -0.1) is 0 Å². The summed E-state index contributed by atoms with van der Waals surface area (Å²) in [7, 11) is 2.91. The Bertz CT molecular complexity index is 878. The summed E-state index contributed by atoms with van der Waals surface area (Å²) in [5, 5.41) is 5.73. The Kier molecular flexibility index (Phi) is 8.64. The molecular formula is C19H21F5N4O3. The van der Waals surface area contributed by atoms with E-state index in [0.29, 0.717) is 11.3 Å². The molecule has 2 N–H and O–H groups in total. The summed E-state index contributed by atoms with van der Waals surface area (Å²) >= 11 is 0. The van der Waals surface area contributed by atoms with E-state index in [2.05, 4.69) is 25.3 Å². The maximum Gasteiger partial charge on any atom is 0.421 e. The molecule has 1 aromatic carbocycles. The Morgan fingerprint density at radius 2 is 1.97 bits per heavy atom. The first-order valence-electron chi connectivity index (χ1n) is 8.96. The standard InChI is InChI=1S/C19H21F5N4O3/c1-25-18(27-8-9-30-16-14(19(22,23)24)4-3-7-26-16)28-11-12-10-13(29-2)5-6-15(12)31-17(20)21/h3-7,10,17H,8-9,11H2,1-2H3,(H2,25,27,28). The largest absolute Gasteiger partial charge is 0.497 e. The van der Waals surface area contributed by atoms with Crippen LogP contribution >= 0.6 is 0 Å². The number of ether oxygens (including phenoxy) is 3. The Morgan fingerprint density at radius 3 is 2.61 bits per heavy atom. The third-order valence-corrected chi connectivity index (χ3v) is 3.86. The van der Waals surface area contributed by atoms with Gasteiger partial charge < -0.3 is 24.8 Å². The number of alkyl halides is 5. The van der Waals surface area contributed by atoms with Gasteiger partial charge in [-0.1, -0.05) is 0 Å². The van der Waals surface area contributed by atoms with E-state index < -0.39 is 24.2 Å². The van der Waals surface area contributed by atoms with E-state index in [9.17, 15) is 22.0 Å². The van der Waals surface area contributed by atoms with Gasteiger partial charge >= 0.3 is 12.8 Å². The van der Waals surface area contributed by atoms with Crippen molar-refractivity contribution in [3.05, 3.63) is 47.7 Å². The van der Waals surface area contributed by atoms with Gasteiger partial charge in [-0.3, -0.25) is 4.99 Å². The molecule has 0 aliphatic heterocycles. The molecule has 2 rings (SSSR count). The van der Waals surface area contributed by atoms with Crippen LogP contribution in [0.2, 0.25) is 0 Å². The summed E-state index contributed by atoms with van der Waals surface area (Å²) < 4.78 is 78.7. The van der Waals surface area contributed by atoms with Crippen molar-refractivity contribution in [3.8, 4) is 17.4 Å². The number of aliphatic imine (C=N–C) groups is 1. The maximum atomic E-state index is 12.9. The number of benzene rings is 1. The molecular weight excluding hydrogens is 427 g/mol. The van der Waals surface area contributed by atoms with Crippen molar-refractivity contribution in [2.24, 2.45) is 4.99 Å². The highest BCUT2D eigenvalue weighted by molar-refractivity contribution is 5.79. The number of hydrogen-bond donors (Lipinski definition) is 2. The molecule has 0 aliphatic carbocycles. The average Bonchev–Trinajstić information content (AvgIpc) is 2.73. The van der Waals surface area contributed by atoms with Gasteiger partial charge in [0.1, 0.15) is 23.7 Å². The zero-order chi connectivity index (χ0) is 22.9. The second-order valence-corrected chi connectivity index (χ2v) is 5.91. The van der Waals surface area contributed by atoms with Crippen molar-refractivity contribution in [1.29, 1.82) is 0 Å². The van der Waals surface area contributed by atoms with Gasteiger partial charge in [-0.25, -0.2) is 4.98 Å². The van der Waals surface area contributed by atoms with E-state index in [4.69, 9.17) is 9.47 Å². The summed E-state index contributed by atoms with van der Waals surface area (Å²) in [4.78, 5) is 7.57. The topological polar surface area (TPSA) is 77.0 Å². The molecule has 7 nitrogen and oxygen atoms in total. The molecule has 0 atom stereocenters. The van der Waals surface area contributed by atoms with Crippen LogP contribution in [0.4, 0.5) is 22.0 Å². The normalized spacial score (nSPS) is 11.9. The Morgan fingerprint density at radius 1 is 1.19 bits per heavy atom. The minimum Gasteiger partial charge on any atom is -0.497 e. The van der Waals surface area contributed by atoms with Crippen LogP contribution in [-0.4, -0.2) is 44.9 Å². The number of hydrogen-bond acceptors (Lipinski definition) is 5. The predicted octanol–water partition coefficient (Wildman–Crippen LogP) is 3.45. The number of halogens is 5. The fourth-order valence-electron chi connectivity index (χ4n) is 2.47. The summed E-state index contributed by atoms with van der Waals surface area (Å²) in [5.74, 6) is 0.166. The molecule has 2 aromatic rings. The number of nitrogens with zero attached hydrogens (tertiary/aromatic N) is 2. The molecule has 0 aliphatic rings. The second-order valence-electron chi connectivity index (χ2n) is 5.91. The van der Waals surface area contributed by atoms with Crippen molar-refractivity contribution in [2.75, 3.05) is 27.3 Å². The smallest absolute Gasteiger partial charge is 0.421 e. The summed E-state index contributed by atoms with van der Waals surface area (Å²) in [6.07, 6.45) is -3.38. The van der Waals surface area contributed by atoms with Crippen molar-refractivity contribution in [2.45, 2.75) is 19.3 Å². The highest BCUT2D eigenvalue weighted by Crippen LogP contribution is 2.34. The van der Waals surface area contributed by atoms with Gasteiger partial charge in [0.05, 0.1) is 13.7 Å². The first-order chi connectivity index (χ1) is 14.7. The fourth-order valence-corrected chi connectivity index (χ4v) is 2.47. The van der Waals surface area contributed by atoms with Crippen LogP contribution < -0.4 is 24.8 Å². The van der Waals surface area contributed by atoms with Crippen LogP contribution in [0.5, 0.6) is 17.4 Å². The van der Waals surface area contributed by atoms with E-state index in [0.717, 1.165) is 6.07 Å². The van der Waals surface area contributed by atoms with E-state index in [1.807, 2.05) is 0 Å². The minimum absolute atomic E-state index is 0.0306. The van der Waals surface area contributed by atoms with Gasteiger partial charge in [-0.05, 0) is 30.3 Å². The summed E-state index contributed by atoms with van der Waals surface area (Å²) in [5.41, 5.74) is -0.579.